The molecule has 0 spiro atoms. The van der Waals surface area contributed by atoms with Gasteiger partial charge < -0.3 is 10.4 Å². The van der Waals surface area contributed by atoms with Gasteiger partial charge in [-0.05, 0) is 37.5 Å². The fourth-order valence-corrected chi connectivity index (χ4v) is 1.88. The van der Waals surface area contributed by atoms with Gasteiger partial charge in [0, 0.05) is 12.1 Å². The topological polar surface area (TPSA) is 32.3 Å². The van der Waals surface area contributed by atoms with Gasteiger partial charge in [0.2, 0.25) is 0 Å². The van der Waals surface area contributed by atoms with Crippen LogP contribution in [0.1, 0.15) is 50.8 Å². The van der Waals surface area contributed by atoms with E-state index in [1.165, 1.54) is 12.1 Å². The van der Waals surface area contributed by atoms with E-state index in [1.54, 1.807) is 0 Å². The molecule has 0 aromatic heterocycles. The Kier molecular flexibility index (Phi) is 5.59. The van der Waals surface area contributed by atoms with Crippen molar-refractivity contribution in [2.75, 3.05) is 6.54 Å². The van der Waals surface area contributed by atoms with E-state index >= 15 is 0 Å². The molecule has 0 radical (unpaired) electrons. The minimum absolute atomic E-state index is 0.109. The molecule has 5 heteroatoms. The van der Waals surface area contributed by atoms with Crippen LogP contribution in [-0.2, 0) is 6.18 Å². The highest BCUT2D eigenvalue weighted by Gasteiger charge is 2.31. The van der Waals surface area contributed by atoms with Crippen LogP contribution in [0.2, 0.25) is 0 Å². The number of aliphatic hydroxyl groups is 1. The van der Waals surface area contributed by atoms with Crippen molar-refractivity contribution in [1.29, 1.82) is 0 Å². The van der Waals surface area contributed by atoms with Crippen LogP contribution in [0.4, 0.5) is 13.2 Å². The van der Waals surface area contributed by atoms with Crippen molar-refractivity contribution in [3.05, 3.63) is 35.4 Å². The van der Waals surface area contributed by atoms with Crippen molar-refractivity contribution in [3.63, 3.8) is 0 Å². The number of aliphatic hydroxyl groups excluding tert-OH is 1. The summed E-state index contributed by atoms with van der Waals surface area (Å²) in [7, 11) is 0. The quantitative estimate of drug-likeness (QED) is 0.832. The minimum Gasteiger partial charge on any atom is -0.387 e. The molecule has 2 N–H and O–H groups in total. The summed E-state index contributed by atoms with van der Waals surface area (Å²) in [5.74, 6) is 0. The molecule has 0 heterocycles. The molecule has 1 aromatic carbocycles. The van der Waals surface area contributed by atoms with E-state index in [-0.39, 0.29) is 17.6 Å². The Morgan fingerprint density at radius 3 is 2.30 bits per heavy atom. The van der Waals surface area contributed by atoms with Crippen molar-refractivity contribution < 1.29 is 18.3 Å². The van der Waals surface area contributed by atoms with Crippen LogP contribution in [0, 0.1) is 0 Å². The van der Waals surface area contributed by atoms with Crippen molar-refractivity contribution >= 4 is 0 Å². The van der Waals surface area contributed by atoms with Crippen molar-refractivity contribution in [3.8, 4) is 0 Å². The molecule has 1 rings (SSSR count). The Morgan fingerprint density at radius 1 is 1.20 bits per heavy atom. The van der Waals surface area contributed by atoms with Gasteiger partial charge in [-0.25, -0.2) is 0 Å². The molecule has 114 valence electrons. The molecule has 20 heavy (non-hydrogen) atoms. The monoisotopic (exact) mass is 289 g/mol. The average molecular weight is 289 g/mol. The fraction of sp³-hybridized carbons (Fsp3) is 0.600. The summed E-state index contributed by atoms with van der Waals surface area (Å²) in [6, 6.07) is 4.84. The molecule has 0 aliphatic carbocycles. The second-order valence-electron chi connectivity index (χ2n) is 5.29. The van der Waals surface area contributed by atoms with Gasteiger partial charge in [0.15, 0.2) is 0 Å². The first-order chi connectivity index (χ1) is 9.22. The molecule has 0 amide bonds. The highest BCUT2D eigenvalue weighted by molar-refractivity contribution is 5.27. The van der Waals surface area contributed by atoms with Gasteiger partial charge in [0.25, 0.3) is 0 Å². The number of halogens is 3. The third-order valence-electron chi connectivity index (χ3n) is 3.88. The Labute approximate surface area is 118 Å². The van der Waals surface area contributed by atoms with Crippen LogP contribution < -0.4 is 5.32 Å². The van der Waals surface area contributed by atoms with Gasteiger partial charge in [-0.2, -0.15) is 13.2 Å². The molecule has 0 fully saturated rings. The predicted octanol–water partition coefficient (Wildman–Crippen LogP) is 3.91. The van der Waals surface area contributed by atoms with Crippen LogP contribution in [0.3, 0.4) is 0 Å². The molecule has 0 bridgehead atoms. The summed E-state index contributed by atoms with van der Waals surface area (Å²) in [5.41, 5.74) is -0.563. The van der Waals surface area contributed by atoms with Gasteiger partial charge in [0.05, 0.1) is 11.7 Å². The second-order valence-corrected chi connectivity index (χ2v) is 5.29. The Bertz CT molecular complexity index is 427. The summed E-state index contributed by atoms with van der Waals surface area (Å²) in [6.07, 6.45) is -3.56. The lowest BCUT2D eigenvalue weighted by atomic mass is 9.95. The first-order valence-corrected chi connectivity index (χ1v) is 6.82. The van der Waals surface area contributed by atoms with Crippen molar-refractivity contribution in [2.45, 2.75) is 51.4 Å². The van der Waals surface area contributed by atoms with E-state index in [0.29, 0.717) is 0 Å². The summed E-state index contributed by atoms with van der Waals surface area (Å²) in [4.78, 5) is 0. The summed E-state index contributed by atoms with van der Waals surface area (Å²) >= 11 is 0. The van der Waals surface area contributed by atoms with Gasteiger partial charge in [-0.15, -0.1) is 0 Å². The number of hydrogen-bond donors (Lipinski definition) is 2. The minimum atomic E-state index is -4.38. The smallest absolute Gasteiger partial charge is 0.387 e. The third-order valence-corrected chi connectivity index (χ3v) is 3.88. The number of hydrogen-bond acceptors (Lipinski definition) is 2. The van der Waals surface area contributed by atoms with Crippen LogP contribution in [0.5, 0.6) is 0 Å². The molecule has 1 aromatic rings. The number of nitrogens with one attached hydrogen (secondary N) is 1. The number of β-amino-alcohol motifs (C(OH)–C–C–N with tert-alkyl or cyclic N) is 1. The highest BCUT2D eigenvalue weighted by Crippen LogP contribution is 2.30. The zero-order chi connectivity index (χ0) is 15.4. The molecule has 1 atom stereocenters. The molecule has 0 aliphatic rings. The number of alkyl halides is 3. The van der Waals surface area contributed by atoms with Gasteiger partial charge in [-0.3, -0.25) is 0 Å². The summed E-state index contributed by atoms with van der Waals surface area (Å²) in [5, 5.41) is 13.3. The van der Waals surface area contributed by atoms with E-state index in [0.717, 1.165) is 25.0 Å². The molecule has 1 unspecified atom stereocenters. The van der Waals surface area contributed by atoms with E-state index < -0.39 is 17.8 Å². The lowest BCUT2D eigenvalue weighted by Gasteiger charge is -2.29. The van der Waals surface area contributed by atoms with Crippen LogP contribution in [0.25, 0.3) is 0 Å². The largest absolute Gasteiger partial charge is 0.416 e. The Morgan fingerprint density at radius 2 is 1.80 bits per heavy atom. The summed E-state index contributed by atoms with van der Waals surface area (Å²) in [6.45, 7) is 6.34. The maximum atomic E-state index is 12.6. The SMILES string of the molecule is CCC(C)(CC)NCC(O)c1cccc(C(F)(F)F)c1. The molecular weight excluding hydrogens is 267 g/mol. The number of benzene rings is 1. The lowest BCUT2D eigenvalue weighted by molar-refractivity contribution is -0.137. The van der Waals surface area contributed by atoms with Crippen LogP contribution in [-0.4, -0.2) is 17.2 Å². The second kappa shape index (κ2) is 6.59. The van der Waals surface area contributed by atoms with Crippen molar-refractivity contribution in [1.82, 2.24) is 5.32 Å². The van der Waals surface area contributed by atoms with E-state index in [9.17, 15) is 18.3 Å². The third kappa shape index (κ3) is 4.49. The van der Waals surface area contributed by atoms with Crippen molar-refractivity contribution in [2.24, 2.45) is 0 Å². The standard InChI is InChI=1S/C15H22F3NO/c1-4-14(3,5-2)19-10-13(20)11-7-6-8-12(9-11)15(16,17)18/h6-9,13,19-20H,4-5,10H2,1-3H3. The van der Waals surface area contributed by atoms with Crippen LogP contribution in [0.15, 0.2) is 24.3 Å². The molecular formula is C15H22F3NO. The van der Waals surface area contributed by atoms with Crippen LogP contribution >= 0.6 is 0 Å². The zero-order valence-corrected chi connectivity index (χ0v) is 12.1. The summed E-state index contributed by atoms with van der Waals surface area (Å²) < 4.78 is 37.9. The lowest BCUT2D eigenvalue weighted by Crippen LogP contribution is -2.43. The highest BCUT2D eigenvalue weighted by atomic mass is 19.4. The molecule has 0 saturated heterocycles. The number of rotatable bonds is 6. The normalized spacial score (nSPS) is 14.3. The first kappa shape index (κ1) is 17.0. The molecule has 2 nitrogen and oxygen atoms in total. The molecule has 0 aliphatic heterocycles. The Balaban J connectivity index is 2.76. The Hall–Kier alpha value is -1.07. The molecule has 0 saturated carbocycles. The maximum Gasteiger partial charge on any atom is 0.416 e. The van der Waals surface area contributed by atoms with E-state index in [4.69, 9.17) is 0 Å². The maximum absolute atomic E-state index is 12.6. The van der Waals surface area contributed by atoms with E-state index in [1.807, 2.05) is 20.8 Å². The van der Waals surface area contributed by atoms with Gasteiger partial charge in [0.1, 0.15) is 0 Å². The average Bonchev–Trinajstić information content (AvgIpc) is 2.43. The van der Waals surface area contributed by atoms with Gasteiger partial charge in [-0.1, -0.05) is 26.0 Å². The first-order valence-electron chi connectivity index (χ1n) is 6.82. The van der Waals surface area contributed by atoms with Gasteiger partial charge >= 0.3 is 6.18 Å². The zero-order valence-electron chi connectivity index (χ0n) is 12.1. The fourth-order valence-electron chi connectivity index (χ4n) is 1.88. The predicted molar refractivity (Wildman–Crippen MR) is 73.4 cm³/mol. The van der Waals surface area contributed by atoms with E-state index in [2.05, 4.69) is 5.32 Å².